The second kappa shape index (κ2) is 8.28. The molecule has 0 aromatic heterocycles. The SMILES string of the molecule is CC(C)(C)OC(=O)N1CCCC1C(=O)NCCc1cc(Cl)cc(Cl)c1. The number of carbonyl (C=O) groups excluding carboxylic acids is 2. The summed E-state index contributed by atoms with van der Waals surface area (Å²) in [5.41, 5.74) is 0.375. The van der Waals surface area contributed by atoms with Crippen molar-refractivity contribution in [1.29, 1.82) is 0 Å². The summed E-state index contributed by atoms with van der Waals surface area (Å²) in [4.78, 5) is 26.2. The molecule has 5 nitrogen and oxygen atoms in total. The number of nitrogens with zero attached hydrogens (tertiary/aromatic N) is 1. The first-order valence-electron chi connectivity index (χ1n) is 8.38. The molecule has 0 aliphatic carbocycles. The van der Waals surface area contributed by atoms with Gasteiger partial charge in [-0.1, -0.05) is 23.2 Å². The topological polar surface area (TPSA) is 58.6 Å². The van der Waals surface area contributed by atoms with Crippen LogP contribution in [-0.4, -0.2) is 41.6 Å². The second-order valence-electron chi connectivity index (χ2n) is 7.15. The molecule has 1 aromatic carbocycles. The Morgan fingerprint density at radius 1 is 1.24 bits per heavy atom. The minimum Gasteiger partial charge on any atom is -0.444 e. The van der Waals surface area contributed by atoms with E-state index in [2.05, 4.69) is 5.32 Å². The minimum absolute atomic E-state index is 0.156. The molecule has 0 spiro atoms. The van der Waals surface area contributed by atoms with E-state index in [0.29, 0.717) is 36.0 Å². The van der Waals surface area contributed by atoms with Gasteiger partial charge in [0.15, 0.2) is 0 Å². The van der Waals surface area contributed by atoms with Crippen molar-refractivity contribution in [2.75, 3.05) is 13.1 Å². The molecule has 0 bridgehead atoms. The van der Waals surface area contributed by atoms with Gasteiger partial charge >= 0.3 is 6.09 Å². The van der Waals surface area contributed by atoms with Gasteiger partial charge in [-0.25, -0.2) is 4.79 Å². The third-order valence-corrected chi connectivity index (χ3v) is 4.26. The van der Waals surface area contributed by atoms with E-state index < -0.39 is 17.7 Å². The summed E-state index contributed by atoms with van der Waals surface area (Å²) in [6.07, 6.45) is 1.62. The van der Waals surface area contributed by atoms with E-state index in [1.54, 1.807) is 6.07 Å². The maximum Gasteiger partial charge on any atom is 0.410 e. The van der Waals surface area contributed by atoms with E-state index in [1.165, 1.54) is 4.90 Å². The first-order valence-corrected chi connectivity index (χ1v) is 9.13. The molecule has 2 rings (SSSR count). The molecule has 1 fully saturated rings. The molecule has 1 saturated heterocycles. The maximum atomic E-state index is 12.4. The Morgan fingerprint density at radius 3 is 2.48 bits per heavy atom. The fraction of sp³-hybridized carbons (Fsp3) is 0.556. The highest BCUT2D eigenvalue weighted by atomic mass is 35.5. The number of likely N-dealkylation sites (tertiary alicyclic amines) is 1. The van der Waals surface area contributed by atoms with Gasteiger partial charge < -0.3 is 10.1 Å². The van der Waals surface area contributed by atoms with Gasteiger partial charge in [-0.3, -0.25) is 9.69 Å². The molecule has 1 aliphatic rings. The first kappa shape index (κ1) is 19.9. The van der Waals surface area contributed by atoms with Crippen molar-refractivity contribution in [3.8, 4) is 0 Å². The quantitative estimate of drug-likeness (QED) is 0.848. The molecule has 1 unspecified atom stereocenters. The van der Waals surface area contributed by atoms with Crippen LogP contribution in [0, 0.1) is 0 Å². The average Bonchev–Trinajstić information content (AvgIpc) is 2.93. The van der Waals surface area contributed by atoms with Crippen LogP contribution < -0.4 is 5.32 Å². The van der Waals surface area contributed by atoms with Gasteiger partial charge in [-0.05, 0) is 63.8 Å². The number of benzene rings is 1. The lowest BCUT2D eigenvalue weighted by molar-refractivity contribution is -0.125. The van der Waals surface area contributed by atoms with Gasteiger partial charge in [-0.2, -0.15) is 0 Å². The van der Waals surface area contributed by atoms with Crippen LogP contribution >= 0.6 is 23.2 Å². The molecular weight excluding hydrogens is 363 g/mol. The predicted octanol–water partition coefficient (Wildman–Crippen LogP) is 4.05. The summed E-state index contributed by atoms with van der Waals surface area (Å²) in [5.74, 6) is -0.156. The van der Waals surface area contributed by atoms with Crippen LogP contribution in [0.5, 0.6) is 0 Å². The highest BCUT2D eigenvalue weighted by Gasteiger charge is 2.36. The summed E-state index contributed by atoms with van der Waals surface area (Å²) in [6.45, 7) is 6.43. The van der Waals surface area contributed by atoms with Crippen LogP contribution in [0.2, 0.25) is 10.0 Å². The molecule has 2 amide bonds. The maximum absolute atomic E-state index is 12.4. The van der Waals surface area contributed by atoms with Gasteiger partial charge in [0.05, 0.1) is 0 Å². The molecule has 1 heterocycles. The largest absolute Gasteiger partial charge is 0.444 e. The second-order valence-corrected chi connectivity index (χ2v) is 8.02. The van der Waals surface area contributed by atoms with Crippen molar-refractivity contribution >= 4 is 35.2 Å². The highest BCUT2D eigenvalue weighted by molar-refractivity contribution is 6.34. The van der Waals surface area contributed by atoms with E-state index >= 15 is 0 Å². The van der Waals surface area contributed by atoms with Crippen LogP contribution in [0.3, 0.4) is 0 Å². The standard InChI is InChI=1S/C18H24Cl2N2O3/c1-18(2,3)25-17(24)22-8-4-5-15(22)16(23)21-7-6-12-9-13(19)11-14(20)10-12/h9-11,15H,4-8H2,1-3H3,(H,21,23). The van der Waals surface area contributed by atoms with Crippen LogP contribution in [0.15, 0.2) is 18.2 Å². The van der Waals surface area contributed by atoms with Crippen LogP contribution in [-0.2, 0) is 16.0 Å². The molecular formula is C18H24Cl2N2O3. The molecule has 25 heavy (non-hydrogen) atoms. The van der Waals surface area contributed by atoms with Crippen LogP contribution in [0.25, 0.3) is 0 Å². The summed E-state index contributed by atoms with van der Waals surface area (Å²) in [5, 5.41) is 4.03. The number of hydrogen-bond donors (Lipinski definition) is 1. The van der Waals surface area contributed by atoms with Gasteiger partial charge in [-0.15, -0.1) is 0 Å². The fourth-order valence-electron chi connectivity index (χ4n) is 2.78. The number of hydrogen-bond acceptors (Lipinski definition) is 3. The van der Waals surface area contributed by atoms with Crippen molar-refractivity contribution in [2.24, 2.45) is 0 Å². The zero-order chi connectivity index (χ0) is 18.6. The highest BCUT2D eigenvalue weighted by Crippen LogP contribution is 2.21. The molecule has 138 valence electrons. The molecule has 1 atom stereocenters. The molecule has 7 heteroatoms. The fourth-order valence-corrected chi connectivity index (χ4v) is 3.35. The van der Waals surface area contributed by atoms with E-state index in [1.807, 2.05) is 32.9 Å². The number of carbonyl (C=O) groups is 2. The van der Waals surface area contributed by atoms with Gasteiger partial charge in [0, 0.05) is 23.1 Å². The van der Waals surface area contributed by atoms with E-state index in [4.69, 9.17) is 27.9 Å². The van der Waals surface area contributed by atoms with Gasteiger partial charge in [0.1, 0.15) is 11.6 Å². The Kier molecular flexibility index (Phi) is 6.58. The molecule has 1 aliphatic heterocycles. The Balaban J connectivity index is 1.88. The van der Waals surface area contributed by atoms with Crippen molar-refractivity contribution in [2.45, 2.75) is 51.7 Å². The third-order valence-electron chi connectivity index (χ3n) is 3.82. The first-order chi connectivity index (χ1) is 11.7. The number of ether oxygens (including phenoxy) is 1. The number of halogens is 2. The summed E-state index contributed by atoms with van der Waals surface area (Å²) in [7, 11) is 0. The summed E-state index contributed by atoms with van der Waals surface area (Å²) in [6, 6.07) is 4.84. The lowest BCUT2D eigenvalue weighted by atomic mass is 10.1. The van der Waals surface area contributed by atoms with E-state index in [-0.39, 0.29) is 5.91 Å². The molecule has 1 aromatic rings. The van der Waals surface area contributed by atoms with Crippen molar-refractivity contribution in [1.82, 2.24) is 10.2 Å². The Morgan fingerprint density at radius 2 is 1.88 bits per heavy atom. The Bertz CT molecular complexity index is 623. The normalized spacial score (nSPS) is 17.5. The van der Waals surface area contributed by atoms with Crippen LogP contribution in [0.1, 0.15) is 39.2 Å². The predicted molar refractivity (Wildman–Crippen MR) is 99.1 cm³/mol. The zero-order valence-electron chi connectivity index (χ0n) is 14.8. The van der Waals surface area contributed by atoms with E-state index in [9.17, 15) is 9.59 Å². The summed E-state index contributed by atoms with van der Waals surface area (Å²) < 4.78 is 5.38. The third kappa shape index (κ3) is 6.08. The smallest absolute Gasteiger partial charge is 0.410 e. The molecule has 0 saturated carbocycles. The number of rotatable bonds is 4. The van der Waals surface area contributed by atoms with Gasteiger partial charge in [0.2, 0.25) is 5.91 Å². The minimum atomic E-state index is -0.577. The molecule has 0 radical (unpaired) electrons. The monoisotopic (exact) mass is 386 g/mol. The number of nitrogens with one attached hydrogen (secondary N) is 1. The van der Waals surface area contributed by atoms with Crippen LogP contribution in [0.4, 0.5) is 4.79 Å². The van der Waals surface area contributed by atoms with Gasteiger partial charge in [0.25, 0.3) is 0 Å². The Hall–Kier alpha value is -1.46. The average molecular weight is 387 g/mol. The Labute approximate surface area is 158 Å². The van der Waals surface area contributed by atoms with E-state index in [0.717, 1.165) is 12.0 Å². The van der Waals surface area contributed by atoms with Crippen molar-refractivity contribution in [3.05, 3.63) is 33.8 Å². The lowest BCUT2D eigenvalue weighted by Gasteiger charge is -2.28. The lowest BCUT2D eigenvalue weighted by Crippen LogP contribution is -2.47. The summed E-state index contributed by atoms with van der Waals surface area (Å²) >= 11 is 11.9. The van der Waals surface area contributed by atoms with Crippen molar-refractivity contribution in [3.63, 3.8) is 0 Å². The zero-order valence-corrected chi connectivity index (χ0v) is 16.3. The number of amides is 2. The molecule has 1 N–H and O–H groups in total. The van der Waals surface area contributed by atoms with Crippen molar-refractivity contribution < 1.29 is 14.3 Å².